The molecule has 0 aromatic heterocycles. The third-order valence-electron chi connectivity index (χ3n) is 5.53. The average molecular weight is 420 g/mol. The number of carbonyl (C=O) groups excluding carboxylic acids is 2. The monoisotopic (exact) mass is 420 g/mol. The second kappa shape index (κ2) is 7.45. The average Bonchev–Trinajstić information content (AvgIpc) is 2.71. The molecule has 2 atom stereocenters. The van der Waals surface area contributed by atoms with Gasteiger partial charge in [0.25, 0.3) is 0 Å². The number of rotatable bonds is 4. The molecule has 0 heterocycles. The molecular weight excluding hydrogens is 398 g/mol. The smallest absolute Gasteiger partial charge is 0.342 e. The van der Waals surface area contributed by atoms with Gasteiger partial charge in [-0.25, -0.2) is 18.4 Å². The van der Waals surface area contributed by atoms with E-state index in [9.17, 15) is 24.2 Å². The lowest BCUT2D eigenvalue weighted by atomic mass is 9.79. The molecule has 30 heavy (non-hydrogen) atoms. The molecule has 2 unspecified atom stereocenters. The summed E-state index contributed by atoms with van der Waals surface area (Å²) < 4.78 is 39.3. The van der Waals surface area contributed by atoms with Crippen LogP contribution in [-0.4, -0.2) is 42.0 Å². The van der Waals surface area contributed by atoms with Gasteiger partial charge in [0, 0.05) is 5.39 Å². The molecular formula is C22H22F2O6. The highest BCUT2D eigenvalue weighted by Gasteiger charge is 2.41. The number of aryl methyl sites for hydroxylation is 1. The molecule has 1 aliphatic rings. The van der Waals surface area contributed by atoms with Crippen LogP contribution < -0.4 is 0 Å². The highest BCUT2D eigenvalue weighted by atomic mass is 19.1. The number of esters is 2. The number of benzene rings is 2. The van der Waals surface area contributed by atoms with Crippen molar-refractivity contribution in [3.63, 3.8) is 0 Å². The van der Waals surface area contributed by atoms with Gasteiger partial charge in [-0.1, -0.05) is 18.2 Å². The van der Waals surface area contributed by atoms with Crippen molar-refractivity contribution in [3.8, 4) is 0 Å². The van der Waals surface area contributed by atoms with E-state index in [2.05, 4.69) is 9.47 Å². The van der Waals surface area contributed by atoms with E-state index in [-0.39, 0.29) is 16.3 Å². The van der Waals surface area contributed by atoms with E-state index in [1.165, 1.54) is 19.1 Å². The Kier molecular flexibility index (Phi) is 5.43. The fourth-order valence-electron chi connectivity index (χ4n) is 3.97. The summed E-state index contributed by atoms with van der Waals surface area (Å²) in [6, 6.07) is 3.91. The first kappa shape index (κ1) is 21.9. The molecule has 2 aromatic rings. The molecule has 0 aliphatic heterocycles. The van der Waals surface area contributed by atoms with Crippen LogP contribution in [0.15, 0.2) is 24.3 Å². The highest BCUT2D eigenvalue weighted by molar-refractivity contribution is 6.00. The number of hydrogen-bond acceptors (Lipinski definition) is 6. The maximum absolute atomic E-state index is 15.3. The summed E-state index contributed by atoms with van der Waals surface area (Å²) in [5.74, 6) is -4.25. The maximum atomic E-state index is 15.3. The minimum atomic E-state index is -2.52. The number of fused-ring (bicyclic) bond motifs is 3. The van der Waals surface area contributed by atoms with Crippen molar-refractivity contribution in [1.29, 1.82) is 0 Å². The van der Waals surface area contributed by atoms with Crippen LogP contribution in [0.4, 0.5) is 8.78 Å². The molecule has 0 spiro atoms. The van der Waals surface area contributed by atoms with Crippen molar-refractivity contribution < 1.29 is 38.1 Å². The van der Waals surface area contributed by atoms with E-state index in [0.29, 0.717) is 24.0 Å². The normalized spacial score (nSPS) is 17.4. The molecule has 0 fully saturated rings. The largest absolute Gasteiger partial charge is 0.467 e. The number of hydrogen-bond donors (Lipinski definition) is 2. The van der Waals surface area contributed by atoms with Crippen LogP contribution >= 0.6 is 0 Å². The number of allylic oxidation sites excluding steroid dienone is 1. The third kappa shape index (κ3) is 3.16. The predicted octanol–water partition coefficient (Wildman–Crippen LogP) is 2.75. The summed E-state index contributed by atoms with van der Waals surface area (Å²) in [4.78, 5) is 23.9. The number of methoxy groups -OCH3 is 2. The number of halogens is 2. The van der Waals surface area contributed by atoms with E-state index < -0.39 is 40.3 Å². The van der Waals surface area contributed by atoms with Gasteiger partial charge in [0.2, 0.25) is 0 Å². The maximum Gasteiger partial charge on any atom is 0.342 e. The molecule has 2 N–H and O–H groups in total. The number of carbonyl (C=O) groups is 2. The molecule has 2 aromatic carbocycles. The van der Waals surface area contributed by atoms with Crippen molar-refractivity contribution in [2.75, 3.05) is 14.2 Å². The fourth-order valence-corrected chi connectivity index (χ4v) is 3.97. The van der Waals surface area contributed by atoms with Crippen molar-refractivity contribution in [2.24, 2.45) is 0 Å². The molecule has 3 rings (SSSR count). The zero-order chi connectivity index (χ0) is 22.4. The zero-order valence-corrected chi connectivity index (χ0v) is 17.0. The Bertz CT molecular complexity index is 1080. The lowest BCUT2D eigenvalue weighted by Gasteiger charge is -2.29. The minimum absolute atomic E-state index is 0.00621. The van der Waals surface area contributed by atoms with Crippen LogP contribution in [0, 0.1) is 11.6 Å². The highest BCUT2D eigenvalue weighted by Crippen LogP contribution is 2.41. The number of aliphatic hydroxyl groups is 2. The Morgan fingerprint density at radius 1 is 1.00 bits per heavy atom. The van der Waals surface area contributed by atoms with E-state index in [4.69, 9.17) is 0 Å². The molecule has 0 bridgehead atoms. The Hall–Kier alpha value is -2.84. The summed E-state index contributed by atoms with van der Waals surface area (Å²) in [6.07, 6.45) is 2.53. The summed E-state index contributed by atoms with van der Waals surface area (Å²) in [5.41, 5.74) is -3.99. The Labute approximate surface area is 171 Å². The van der Waals surface area contributed by atoms with Crippen molar-refractivity contribution >= 4 is 28.3 Å². The minimum Gasteiger partial charge on any atom is -0.467 e. The van der Waals surface area contributed by atoms with Gasteiger partial charge in [-0.2, -0.15) is 0 Å². The summed E-state index contributed by atoms with van der Waals surface area (Å²) in [7, 11) is 2.16. The van der Waals surface area contributed by atoms with Gasteiger partial charge in [-0.15, -0.1) is 0 Å². The van der Waals surface area contributed by atoms with Gasteiger partial charge < -0.3 is 19.7 Å². The van der Waals surface area contributed by atoms with Gasteiger partial charge in [0.1, 0.15) is 11.6 Å². The van der Waals surface area contributed by atoms with E-state index in [1.807, 2.05) is 0 Å². The second-order valence-corrected chi connectivity index (χ2v) is 7.52. The van der Waals surface area contributed by atoms with E-state index in [0.717, 1.165) is 27.2 Å². The quantitative estimate of drug-likeness (QED) is 0.739. The standard InChI is InChI=1S/C22H22F2O6/c1-21(27,19(25)29-3)15-7-5-6-11-12(15)8-9-13-14(11)10-16(23)17(18(13)24)22(2,28)20(26)30-4/h7-10,27-28H,5-6H2,1-4H3. The predicted molar refractivity (Wildman–Crippen MR) is 104 cm³/mol. The van der Waals surface area contributed by atoms with Gasteiger partial charge in [0.05, 0.1) is 19.8 Å². The molecule has 8 heteroatoms. The Morgan fingerprint density at radius 3 is 2.20 bits per heavy atom. The van der Waals surface area contributed by atoms with E-state index >= 15 is 4.39 Å². The molecule has 0 saturated carbocycles. The van der Waals surface area contributed by atoms with Gasteiger partial charge in [-0.05, 0) is 54.8 Å². The fraction of sp³-hybridized carbons (Fsp3) is 0.364. The Morgan fingerprint density at radius 2 is 1.60 bits per heavy atom. The van der Waals surface area contributed by atoms with Crippen LogP contribution in [0.5, 0.6) is 0 Å². The third-order valence-corrected chi connectivity index (χ3v) is 5.53. The second-order valence-electron chi connectivity index (χ2n) is 7.52. The topological polar surface area (TPSA) is 93.1 Å². The molecule has 0 amide bonds. The Balaban J connectivity index is 2.26. The van der Waals surface area contributed by atoms with E-state index in [1.54, 1.807) is 6.08 Å². The lowest BCUT2D eigenvalue weighted by Crippen LogP contribution is -2.38. The molecule has 0 radical (unpaired) electrons. The van der Waals surface area contributed by atoms with Crippen molar-refractivity contribution in [2.45, 2.75) is 37.9 Å². The summed E-state index contributed by atoms with van der Waals surface area (Å²) >= 11 is 0. The first-order chi connectivity index (χ1) is 14.0. The molecule has 0 saturated heterocycles. The van der Waals surface area contributed by atoms with Crippen molar-refractivity contribution in [3.05, 3.63) is 52.6 Å². The van der Waals surface area contributed by atoms with Crippen LogP contribution in [0.3, 0.4) is 0 Å². The first-order valence-electron chi connectivity index (χ1n) is 9.25. The molecule has 1 aliphatic carbocycles. The van der Waals surface area contributed by atoms with Crippen molar-refractivity contribution in [1.82, 2.24) is 0 Å². The SMILES string of the molecule is COC(=O)C(C)(O)C1=CCCc2c1ccc1c(F)c(C(C)(O)C(=O)OC)c(F)cc21. The molecule has 6 nitrogen and oxygen atoms in total. The first-order valence-corrected chi connectivity index (χ1v) is 9.25. The summed E-state index contributed by atoms with van der Waals surface area (Å²) in [5, 5.41) is 21.3. The lowest BCUT2D eigenvalue weighted by molar-refractivity contribution is -0.162. The van der Waals surface area contributed by atoms with Crippen LogP contribution in [-0.2, 0) is 31.1 Å². The van der Waals surface area contributed by atoms with Gasteiger partial charge in [0.15, 0.2) is 11.2 Å². The molecule has 160 valence electrons. The van der Waals surface area contributed by atoms with Crippen LogP contribution in [0.25, 0.3) is 16.3 Å². The van der Waals surface area contributed by atoms with Crippen LogP contribution in [0.1, 0.15) is 37.0 Å². The van der Waals surface area contributed by atoms with Gasteiger partial charge >= 0.3 is 11.9 Å². The van der Waals surface area contributed by atoms with Gasteiger partial charge in [-0.3, -0.25) is 0 Å². The zero-order valence-electron chi connectivity index (χ0n) is 17.0. The number of ether oxygens (including phenoxy) is 2. The summed E-state index contributed by atoms with van der Waals surface area (Å²) in [6.45, 7) is 2.25. The van der Waals surface area contributed by atoms with Crippen LogP contribution in [0.2, 0.25) is 0 Å².